The summed E-state index contributed by atoms with van der Waals surface area (Å²) in [5.74, 6) is 0.559. The van der Waals surface area contributed by atoms with Crippen LogP contribution in [-0.2, 0) is 31.9 Å². The molecule has 1 fully saturated rings. The van der Waals surface area contributed by atoms with Gasteiger partial charge in [0.25, 0.3) is 5.78 Å². The number of piperazine rings is 1. The van der Waals surface area contributed by atoms with Crippen molar-refractivity contribution in [3.63, 3.8) is 0 Å². The van der Waals surface area contributed by atoms with E-state index in [1.54, 1.807) is 23.3 Å². The number of aryl methyl sites for hydroxylation is 1. The van der Waals surface area contributed by atoms with Crippen molar-refractivity contribution in [2.45, 2.75) is 46.1 Å². The lowest BCUT2D eigenvalue weighted by molar-refractivity contribution is -0.145. The lowest BCUT2D eigenvalue weighted by atomic mass is 10.1. The Kier molecular flexibility index (Phi) is 9.29. The number of carbonyl (C=O) groups is 3. The second-order valence-corrected chi connectivity index (χ2v) is 9.19. The largest absolute Gasteiger partial charge is 0.466 e. The Labute approximate surface area is 227 Å². The van der Waals surface area contributed by atoms with E-state index in [9.17, 15) is 14.4 Å². The molecule has 1 aliphatic rings. The van der Waals surface area contributed by atoms with Crippen LogP contribution in [0.4, 0.5) is 10.6 Å². The van der Waals surface area contributed by atoms with Crippen LogP contribution in [0.2, 0.25) is 0 Å². The smallest absolute Gasteiger partial charge is 0.329 e. The van der Waals surface area contributed by atoms with E-state index in [1.165, 1.54) is 6.33 Å². The van der Waals surface area contributed by atoms with E-state index < -0.39 is 12.0 Å². The molecule has 3 aromatic rings. The minimum atomic E-state index is -0.787. The van der Waals surface area contributed by atoms with Gasteiger partial charge in [-0.2, -0.15) is 14.6 Å². The lowest BCUT2D eigenvalue weighted by Gasteiger charge is -2.37. The number of nitrogens with one attached hydrogen (secondary N) is 1. The van der Waals surface area contributed by atoms with Crippen molar-refractivity contribution in [2.24, 2.45) is 0 Å². The molecule has 0 saturated carbocycles. The van der Waals surface area contributed by atoms with Crippen LogP contribution in [0, 0.1) is 6.92 Å². The molecule has 12 heteroatoms. The van der Waals surface area contributed by atoms with Crippen LogP contribution in [0.15, 0.2) is 36.7 Å². The van der Waals surface area contributed by atoms with Crippen molar-refractivity contribution in [1.29, 1.82) is 0 Å². The molecule has 0 aliphatic carbocycles. The Morgan fingerprint density at radius 2 is 1.74 bits per heavy atom. The fourth-order valence-electron chi connectivity index (χ4n) is 4.69. The number of nitrogens with zero attached hydrogens (tertiary/aromatic N) is 6. The molecule has 4 rings (SSSR count). The molecular weight excluding hydrogens is 502 g/mol. The first kappa shape index (κ1) is 27.8. The number of benzene rings is 1. The van der Waals surface area contributed by atoms with E-state index in [-0.39, 0.29) is 25.0 Å². The molecule has 39 heavy (non-hydrogen) atoms. The van der Waals surface area contributed by atoms with E-state index >= 15 is 0 Å². The lowest BCUT2D eigenvalue weighted by Crippen LogP contribution is -2.55. The standard InChI is InChI=1S/C27H35N7O5/c1-4-38-23(35)12-11-21-19(3)30-26-28-18-29-34(26)24(21)32-13-15-33(16-14-32)27(37)31-22(25(36)39-5-2)17-20-9-7-6-8-10-20/h6-10,18,22H,4-5,11-17H2,1-3H3,(H,31,37)/t22-/m0/s1. The maximum Gasteiger partial charge on any atom is 0.329 e. The third-order valence-electron chi connectivity index (χ3n) is 6.61. The number of hydrogen-bond donors (Lipinski definition) is 1. The number of anilines is 1. The van der Waals surface area contributed by atoms with Gasteiger partial charge in [0.15, 0.2) is 0 Å². The Morgan fingerprint density at radius 3 is 2.44 bits per heavy atom. The SMILES string of the molecule is CCOC(=O)CCc1c(C)nc2ncnn2c1N1CCN(C(=O)N[C@@H](Cc2ccccc2)C(=O)OCC)CC1. The number of rotatable bonds is 10. The zero-order valence-electron chi connectivity index (χ0n) is 22.6. The first-order valence-electron chi connectivity index (χ1n) is 13.3. The fraction of sp³-hybridized carbons (Fsp3) is 0.481. The van der Waals surface area contributed by atoms with Gasteiger partial charge in [-0.15, -0.1) is 0 Å². The molecule has 0 radical (unpaired) electrons. The molecule has 0 spiro atoms. The minimum absolute atomic E-state index is 0.225. The van der Waals surface area contributed by atoms with Gasteiger partial charge in [0.1, 0.15) is 18.2 Å². The maximum atomic E-state index is 13.2. The summed E-state index contributed by atoms with van der Waals surface area (Å²) in [6, 6.07) is 8.42. The van der Waals surface area contributed by atoms with Crippen molar-refractivity contribution >= 4 is 29.6 Å². The van der Waals surface area contributed by atoms with Crippen molar-refractivity contribution in [3.05, 3.63) is 53.5 Å². The fourth-order valence-corrected chi connectivity index (χ4v) is 4.69. The third-order valence-corrected chi connectivity index (χ3v) is 6.61. The molecule has 3 heterocycles. The zero-order chi connectivity index (χ0) is 27.8. The molecule has 2 aromatic heterocycles. The second-order valence-electron chi connectivity index (χ2n) is 9.19. The number of fused-ring (bicyclic) bond motifs is 1. The third kappa shape index (κ3) is 6.81. The molecule has 2 amide bonds. The normalized spacial score (nSPS) is 14.2. The molecule has 1 N–H and O–H groups in total. The van der Waals surface area contributed by atoms with Gasteiger partial charge in [-0.1, -0.05) is 30.3 Å². The second kappa shape index (κ2) is 13.0. The molecule has 1 aliphatic heterocycles. The monoisotopic (exact) mass is 537 g/mol. The van der Waals surface area contributed by atoms with Crippen molar-refractivity contribution in [3.8, 4) is 0 Å². The topological polar surface area (TPSA) is 131 Å². The first-order chi connectivity index (χ1) is 18.9. The minimum Gasteiger partial charge on any atom is -0.466 e. The predicted octanol–water partition coefficient (Wildman–Crippen LogP) is 1.93. The average molecular weight is 538 g/mol. The average Bonchev–Trinajstić information content (AvgIpc) is 3.40. The number of amides is 2. The summed E-state index contributed by atoms with van der Waals surface area (Å²) in [4.78, 5) is 50.5. The van der Waals surface area contributed by atoms with Gasteiger partial charge in [-0.05, 0) is 32.8 Å². The van der Waals surface area contributed by atoms with Gasteiger partial charge in [0, 0.05) is 50.3 Å². The highest BCUT2D eigenvalue weighted by Crippen LogP contribution is 2.26. The highest BCUT2D eigenvalue weighted by molar-refractivity contribution is 5.84. The number of carbonyl (C=O) groups excluding carboxylic acids is 3. The Balaban J connectivity index is 1.46. The van der Waals surface area contributed by atoms with Crippen LogP contribution >= 0.6 is 0 Å². The van der Waals surface area contributed by atoms with E-state index in [4.69, 9.17) is 9.47 Å². The van der Waals surface area contributed by atoms with Crippen LogP contribution in [0.5, 0.6) is 0 Å². The Hall–Kier alpha value is -4.22. The first-order valence-corrected chi connectivity index (χ1v) is 13.3. The number of ether oxygens (including phenoxy) is 2. The van der Waals surface area contributed by atoms with Gasteiger partial charge < -0.3 is 24.6 Å². The molecule has 0 unspecified atom stereocenters. The molecule has 208 valence electrons. The molecule has 0 bridgehead atoms. The van der Waals surface area contributed by atoms with Gasteiger partial charge in [-0.3, -0.25) is 4.79 Å². The highest BCUT2D eigenvalue weighted by atomic mass is 16.5. The summed E-state index contributed by atoms with van der Waals surface area (Å²) in [5.41, 5.74) is 2.60. The maximum absolute atomic E-state index is 13.2. The molecular formula is C27H35N7O5. The van der Waals surface area contributed by atoms with Gasteiger partial charge >= 0.3 is 18.0 Å². The van der Waals surface area contributed by atoms with Crippen LogP contribution in [0.25, 0.3) is 5.78 Å². The van der Waals surface area contributed by atoms with Gasteiger partial charge in [0.05, 0.1) is 13.2 Å². The Bertz CT molecular complexity index is 1290. The molecule has 1 aromatic carbocycles. The number of esters is 2. The van der Waals surface area contributed by atoms with E-state index in [0.717, 1.165) is 22.6 Å². The quantitative estimate of drug-likeness (QED) is 0.385. The molecule has 12 nitrogen and oxygen atoms in total. The summed E-state index contributed by atoms with van der Waals surface area (Å²) in [7, 11) is 0. The van der Waals surface area contributed by atoms with Crippen LogP contribution in [0.1, 0.15) is 37.1 Å². The van der Waals surface area contributed by atoms with Gasteiger partial charge in [0.2, 0.25) is 0 Å². The van der Waals surface area contributed by atoms with Crippen molar-refractivity contribution in [2.75, 3.05) is 44.3 Å². The summed E-state index contributed by atoms with van der Waals surface area (Å²) in [5, 5.41) is 7.24. The van der Waals surface area contributed by atoms with E-state index in [2.05, 4.69) is 25.3 Å². The molecule has 1 saturated heterocycles. The molecule has 1 atom stereocenters. The predicted molar refractivity (Wildman–Crippen MR) is 143 cm³/mol. The summed E-state index contributed by atoms with van der Waals surface area (Å²) >= 11 is 0. The summed E-state index contributed by atoms with van der Waals surface area (Å²) in [6.07, 6.45) is 2.47. The van der Waals surface area contributed by atoms with Crippen LogP contribution < -0.4 is 10.2 Å². The number of urea groups is 1. The van der Waals surface area contributed by atoms with Crippen LogP contribution in [-0.4, -0.2) is 87.9 Å². The van der Waals surface area contributed by atoms with Crippen LogP contribution in [0.3, 0.4) is 0 Å². The van der Waals surface area contributed by atoms with E-state index in [0.29, 0.717) is 51.4 Å². The van der Waals surface area contributed by atoms with Crippen molar-refractivity contribution in [1.82, 2.24) is 29.8 Å². The number of aromatic nitrogens is 4. The Morgan fingerprint density at radius 1 is 1.03 bits per heavy atom. The number of hydrogen-bond acceptors (Lipinski definition) is 9. The summed E-state index contributed by atoms with van der Waals surface area (Å²) < 4.78 is 12.0. The summed E-state index contributed by atoms with van der Waals surface area (Å²) in [6.45, 7) is 7.91. The van der Waals surface area contributed by atoms with Crippen molar-refractivity contribution < 1.29 is 23.9 Å². The van der Waals surface area contributed by atoms with Gasteiger partial charge in [-0.25, -0.2) is 14.6 Å². The van der Waals surface area contributed by atoms with E-state index in [1.807, 2.05) is 37.3 Å². The zero-order valence-corrected chi connectivity index (χ0v) is 22.6. The highest BCUT2D eigenvalue weighted by Gasteiger charge is 2.29.